The molecule has 0 aliphatic carbocycles. The Balaban J connectivity index is 0.000000207. The molecule has 5 atom stereocenters. The van der Waals surface area contributed by atoms with E-state index in [2.05, 4.69) is 31.3 Å². The highest BCUT2D eigenvalue weighted by Gasteiger charge is 2.68. The number of aliphatic hydroxyl groups excluding tert-OH is 1. The van der Waals surface area contributed by atoms with Gasteiger partial charge >= 0.3 is 11.9 Å². The van der Waals surface area contributed by atoms with Crippen LogP contribution in [0.2, 0.25) is 5.02 Å². The van der Waals surface area contributed by atoms with Crippen LogP contribution in [0.25, 0.3) is 11.3 Å². The number of rotatable bonds is 15. The normalized spacial score (nSPS) is 23.5. The van der Waals surface area contributed by atoms with E-state index in [0.717, 1.165) is 23.8 Å². The van der Waals surface area contributed by atoms with E-state index in [1.165, 1.54) is 46.5 Å². The molecule has 62 heavy (non-hydrogen) atoms. The molecule has 7 rings (SSSR count). The average Bonchev–Trinajstić information content (AvgIpc) is 3.90. The number of amides is 4. The molecule has 4 aliphatic rings. The van der Waals surface area contributed by atoms with E-state index in [0.29, 0.717) is 5.16 Å². The summed E-state index contributed by atoms with van der Waals surface area (Å²) in [6.45, 7) is 4.70. The van der Waals surface area contributed by atoms with Crippen LogP contribution in [0.3, 0.4) is 0 Å². The maximum absolute atomic E-state index is 14.4. The molecule has 4 aliphatic heterocycles. The fourth-order valence-electron chi connectivity index (χ4n) is 7.02. The predicted octanol–water partition coefficient (Wildman–Crippen LogP) is 1.40. The molecule has 0 unspecified atom stereocenters. The number of ether oxygens (including phenoxy) is 2. The maximum Gasteiger partial charge on any atom is 0.352 e. The van der Waals surface area contributed by atoms with Crippen molar-refractivity contribution < 1.29 is 71.3 Å². The average molecular weight is 950 g/mol. The number of aliphatic carboxylic acids is 2. The third-order valence-electron chi connectivity index (χ3n) is 9.74. The van der Waals surface area contributed by atoms with Gasteiger partial charge in [-0.3, -0.25) is 24.1 Å². The number of benzene rings is 1. The van der Waals surface area contributed by atoms with Gasteiger partial charge in [0.15, 0.2) is 6.23 Å². The summed E-state index contributed by atoms with van der Waals surface area (Å²) < 4.78 is 55.5. The molecule has 6 heterocycles. The number of fused-ring (bicyclic) bond motifs is 2. The van der Waals surface area contributed by atoms with Crippen molar-refractivity contribution in [2.45, 2.75) is 72.4 Å². The van der Waals surface area contributed by atoms with Gasteiger partial charge in [-0.05, 0) is 48.9 Å². The van der Waals surface area contributed by atoms with Crippen LogP contribution < -0.4 is 10.6 Å². The lowest BCUT2D eigenvalue weighted by Gasteiger charge is -2.55. The van der Waals surface area contributed by atoms with E-state index >= 15 is 0 Å². The second-order valence-corrected chi connectivity index (χ2v) is 18.1. The van der Waals surface area contributed by atoms with Crippen molar-refractivity contribution in [2.24, 2.45) is 0 Å². The third-order valence-corrected chi connectivity index (χ3v) is 13.3. The molecule has 0 bridgehead atoms. The van der Waals surface area contributed by atoms with E-state index in [-0.39, 0.29) is 76.1 Å². The summed E-state index contributed by atoms with van der Waals surface area (Å²) in [5, 5.41) is 47.7. The molecule has 1 aromatic carbocycles. The molecular weight excluding hydrogens is 915 g/mol. The number of β-lactam (4-membered cyclic amide) rings is 2. The molecule has 3 saturated heterocycles. The molecule has 2 aromatic heterocycles. The van der Waals surface area contributed by atoms with Crippen molar-refractivity contribution >= 4 is 82.5 Å². The molecular formula is C34H35ClF3N9O12S3. The quantitative estimate of drug-likeness (QED) is 0.0818. The molecule has 21 nitrogen and oxygen atoms in total. The smallest absolute Gasteiger partial charge is 0.352 e. The third kappa shape index (κ3) is 8.57. The van der Waals surface area contributed by atoms with E-state index in [9.17, 15) is 52.2 Å². The van der Waals surface area contributed by atoms with Gasteiger partial charge in [-0.2, -0.15) is 8.78 Å². The monoisotopic (exact) mass is 949 g/mol. The largest absolute Gasteiger partial charge is 0.480 e. The minimum absolute atomic E-state index is 0.0368. The summed E-state index contributed by atoms with van der Waals surface area (Å²) in [5.74, 6) is -9.37. The maximum atomic E-state index is 14.4. The highest BCUT2D eigenvalue weighted by Crippen LogP contribution is 2.51. The van der Waals surface area contributed by atoms with Crippen molar-refractivity contribution in [2.75, 3.05) is 31.8 Å². The summed E-state index contributed by atoms with van der Waals surface area (Å²) in [4.78, 5) is 76.1. The minimum Gasteiger partial charge on any atom is -0.480 e. The van der Waals surface area contributed by atoms with Gasteiger partial charge < -0.3 is 44.8 Å². The number of alkyl halides is 2. The van der Waals surface area contributed by atoms with Crippen molar-refractivity contribution in [1.82, 2.24) is 45.8 Å². The Morgan fingerprint density at radius 2 is 1.92 bits per heavy atom. The van der Waals surface area contributed by atoms with Crippen LogP contribution in [-0.4, -0.2) is 158 Å². The number of hydrogen-bond donors (Lipinski definition) is 5. The van der Waals surface area contributed by atoms with Crippen LogP contribution in [0.5, 0.6) is 0 Å². The van der Waals surface area contributed by atoms with Crippen LogP contribution in [0, 0.1) is 12.7 Å². The zero-order valence-electron chi connectivity index (χ0n) is 32.5. The second kappa shape index (κ2) is 18.4. The molecule has 334 valence electrons. The number of aliphatic hydroxyl groups is 1. The SMILES string of the molecule is CO[C@@]1(NC(=O)CSC(F)F)C(=O)N2C(C(=O)O)=C(CSc3nnnn3CCO)CO[C@@H]21.Cc1onc(-c2c(F)cccc2Cl)c1C(=O)N[C@@H]1C(=O)N2[C@@H]1SC(C)(C)[C@@H]2C(=O)O. The van der Waals surface area contributed by atoms with Crippen molar-refractivity contribution in [1.29, 1.82) is 0 Å². The zero-order chi connectivity index (χ0) is 45.4. The van der Waals surface area contributed by atoms with E-state index in [1.807, 2.05) is 0 Å². The Kier molecular flexibility index (Phi) is 13.8. The summed E-state index contributed by atoms with van der Waals surface area (Å²) in [7, 11) is 1.11. The second-order valence-electron chi connectivity index (χ2n) is 14.0. The first-order valence-electron chi connectivity index (χ1n) is 17.9. The number of carboxylic acid groups (broad SMARTS) is 2. The van der Waals surface area contributed by atoms with Crippen LogP contribution >= 0.6 is 46.9 Å². The lowest BCUT2D eigenvalue weighted by molar-refractivity contribution is -0.257. The van der Waals surface area contributed by atoms with Crippen LogP contribution in [0.4, 0.5) is 13.2 Å². The Morgan fingerprint density at radius 3 is 2.55 bits per heavy atom. The fourth-order valence-corrected chi connectivity index (χ4v) is 10.1. The number of aryl methyl sites for hydroxylation is 1. The Hall–Kier alpha value is -4.93. The molecule has 0 radical (unpaired) electrons. The standard InChI is InChI=1S/C19H17ClFN3O5S.C15H18F2N6O7S2/c1-7-10(12(23-29-7)11-8(20)5-4-6-9(11)21)15(25)22-13-16(26)24-14(18(27)28)19(2,3)30-17(13)24;1-29-15(18-8(25)6-31-13(16)17)11(28)23-9(10(26)27)7(4-30-12(15)23)5-32-14-19-20-21-22(14)2-3-24/h4-6,13-14,17H,1-3H3,(H,22,25)(H,27,28);12-13,24H,2-6H2,1H3,(H,18,25)(H,26,27)/t13-,14+,17-;12-,15+/m11/s1. The van der Waals surface area contributed by atoms with Gasteiger partial charge in [0.2, 0.25) is 17.0 Å². The number of halogens is 4. The van der Waals surface area contributed by atoms with Gasteiger partial charge in [0.1, 0.15) is 46.0 Å². The number of carbonyl (C=O) groups excluding carboxylic acids is 4. The van der Waals surface area contributed by atoms with Gasteiger partial charge in [-0.15, -0.1) is 16.9 Å². The minimum atomic E-state index is -2.78. The van der Waals surface area contributed by atoms with Gasteiger partial charge in [0, 0.05) is 17.6 Å². The summed E-state index contributed by atoms with van der Waals surface area (Å²) in [6.07, 6.45) is -1.29. The van der Waals surface area contributed by atoms with Gasteiger partial charge in [0.05, 0.1) is 36.1 Å². The number of carbonyl (C=O) groups is 6. The molecule has 0 saturated carbocycles. The first kappa shape index (κ1) is 46.6. The number of thioether (sulfide) groups is 3. The lowest BCUT2D eigenvalue weighted by atomic mass is 9.94. The molecule has 5 N–H and O–H groups in total. The van der Waals surface area contributed by atoms with E-state index in [1.54, 1.807) is 13.8 Å². The first-order chi connectivity index (χ1) is 29.3. The Labute approximate surface area is 365 Å². The summed E-state index contributed by atoms with van der Waals surface area (Å²) in [5.41, 5.74) is -2.31. The highest BCUT2D eigenvalue weighted by molar-refractivity contribution is 8.01. The van der Waals surface area contributed by atoms with Gasteiger partial charge in [-0.1, -0.05) is 46.3 Å². The fraction of sp³-hybridized carbons (Fsp3) is 0.471. The van der Waals surface area contributed by atoms with E-state index in [4.69, 9.17) is 30.7 Å². The molecule has 3 fully saturated rings. The predicted molar refractivity (Wildman–Crippen MR) is 210 cm³/mol. The number of hydrogen-bond acceptors (Lipinski definition) is 17. The van der Waals surface area contributed by atoms with E-state index < -0.39 is 87.1 Å². The van der Waals surface area contributed by atoms with Crippen LogP contribution in [0.1, 0.15) is 30.0 Å². The first-order valence-corrected chi connectivity index (χ1v) is 21.2. The van der Waals surface area contributed by atoms with Gasteiger partial charge in [0.25, 0.3) is 23.3 Å². The zero-order valence-corrected chi connectivity index (χ0v) is 35.7. The molecule has 0 spiro atoms. The molecule has 4 amide bonds. The number of aromatic nitrogens is 5. The number of nitrogens with one attached hydrogen (secondary N) is 2. The summed E-state index contributed by atoms with van der Waals surface area (Å²) in [6, 6.07) is 2.17. The molecule has 3 aromatic rings. The van der Waals surface area contributed by atoms with Crippen molar-refractivity contribution in [3.63, 3.8) is 0 Å². The van der Waals surface area contributed by atoms with Crippen molar-refractivity contribution in [3.05, 3.63) is 51.6 Å². The highest BCUT2D eigenvalue weighted by atomic mass is 35.5. The molecule has 28 heteroatoms. The number of carboxylic acids is 2. The number of tetrazole rings is 1. The van der Waals surface area contributed by atoms with Crippen LogP contribution in [0.15, 0.2) is 39.1 Å². The van der Waals surface area contributed by atoms with Crippen molar-refractivity contribution in [3.8, 4) is 11.3 Å². The number of methoxy groups -OCH3 is 1. The van der Waals surface area contributed by atoms with Gasteiger partial charge in [-0.25, -0.2) is 18.7 Å². The number of nitrogens with zero attached hydrogens (tertiary/aromatic N) is 7. The topological polar surface area (TPSA) is 282 Å². The van der Waals surface area contributed by atoms with Crippen LogP contribution in [-0.2, 0) is 40.0 Å². The lowest BCUT2D eigenvalue weighted by Crippen LogP contribution is -2.82. The Morgan fingerprint density at radius 1 is 1.19 bits per heavy atom. The summed E-state index contributed by atoms with van der Waals surface area (Å²) >= 11 is 8.54. The Bertz CT molecular complexity index is 2320.